The van der Waals surface area contributed by atoms with Gasteiger partial charge in [-0.3, -0.25) is 29.9 Å². The molecule has 150 valence electrons. The van der Waals surface area contributed by atoms with Gasteiger partial charge in [0.25, 0.3) is 11.6 Å². The van der Waals surface area contributed by atoms with E-state index in [1.165, 1.54) is 30.3 Å². The summed E-state index contributed by atoms with van der Waals surface area (Å²) in [6, 6.07) is 9.50. The molecule has 0 fully saturated rings. The first-order chi connectivity index (χ1) is 13.7. The summed E-state index contributed by atoms with van der Waals surface area (Å²) >= 11 is 5.77. The number of halogens is 1. The van der Waals surface area contributed by atoms with Crippen molar-refractivity contribution in [2.24, 2.45) is 5.73 Å². The molecule has 0 bridgehead atoms. The van der Waals surface area contributed by atoms with Crippen LogP contribution in [0.5, 0.6) is 0 Å². The van der Waals surface area contributed by atoms with Gasteiger partial charge in [0.1, 0.15) is 5.02 Å². The second-order valence-electron chi connectivity index (χ2n) is 5.77. The summed E-state index contributed by atoms with van der Waals surface area (Å²) in [5.74, 6) is -1.61. The van der Waals surface area contributed by atoms with Crippen LogP contribution >= 0.6 is 11.6 Å². The highest BCUT2D eigenvalue weighted by Crippen LogP contribution is 2.24. The van der Waals surface area contributed by atoms with Crippen LogP contribution in [0.2, 0.25) is 5.02 Å². The maximum absolute atomic E-state index is 12.1. The number of nitrogens with zero attached hydrogens (tertiary/aromatic N) is 1. The van der Waals surface area contributed by atoms with Crippen LogP contribution in [-0.4, -0.2) is 22.6 Å². The van der Waals surface area contributed by atoms with E-state index < -0.39 is 22.6 Å². The minimum absolute atomic E-state index is 0.0832. The summed E-state index contributed by atoms with van der Waals surface area (Å²) < 4.78 is 0. The van der Waals surface area contributed by atoms with Gasteiger partial charge in [0.05, 0.1) is 11.3 Å². The SMILES string of the molecule is C=C(CC(=O)Nc1ccc(C(N)=O)cc1)NNC(=O)c1ccc([N+](=O)[O-])c(Cl)c1. The Morgan fingerprint density at radius 3 is 2.24 bits per heavy atom. The highest BCUT2D eigenvalue weighted by Gasteiger charge is 2.15. The number of hydrazine groups is 1. The number of amides is 3. The van der Waals surface area contributed by atoms with Crippen molar-refractivity contribution in [3.63, 3.8) is 0 Å². The highest BCUT2D eigenvalue weighted by molar-refractivity contribution is 6.33. The van der Waals surface area contributed by atoms with Crippen molar-refractivity contribution in [1.29, 1.82) is 0 Å². The summed E-state index contributed by atoms with van der Waals surface area (Å²) in [4.78, 5) is 45.2. The molecule has 0 atom stereocenters. The van der Waals surface area contributed by atoms with Crippen LogP contribution in [0.3, 0.4) is 0 Å². The van der Waals surface area contributed by atoms with Gasteiger partial charge in [-0.05, 0) is 36.4 Å². The lowest BCUT2D eigenvalue weighted by atomic mass is 10.2. The Morgan fingerprint density at radius 1 is 1.07 bits per heavy atom. The van der Waals surface area contributed by atoms with Crippen molar-refractivity contribution in [2.45, 2.75) is 6.42 Å². The number of rotatable bonds is 8. The number of anilines is 1. The Kier molecular flexibility index (Phi) is 6.88. The molecule has 0 heterocycles. The summed E-state index contributed by atoms with van der Waals surface area (Å²) in [7, 11) is 0. The lowest BCUT2D eigenvalue weighted by Gasteiger charge is -2.12. The van der Waals surface area contributed by atoms with Gasteiger partial charge in [-0.25, -0.2) is 0 Å². The van der Waals surface area contributed by atoms with E-state index in [4.69, 9.17) is 17.3 Å². The fourth-order valence-electron chi connectivity index (χ4n) is 2.17. The van der Waals surface area contributed by atoms with Gasteiger partial charge in [-0.15, -0.1) is 0 Å². The van der Waals surface area contributed by atoms with Crippen LogP contribution in [0.1, 0.15) is 27.1 Å². The molecular formula is C18H16ClN5O5. The molecule has 0 aromatic heterocycles. The predicted molar refractivity (Wildman–Crippen MR) is 106 cm³/mol. The molecule has 0 aliphatic carbocycles. The predicted octanol–water partition coefficient (Wildman–Crippen LogP) is 2.12. The average Bonchev–Trinajstić information content (AvgIpc) is 2.66. The van der Waals surface area contributed by atoms with E-state index in [-0.39, 0.29) is 28.4 Å². The minimum atomic E-state index is -0.663. The number of nitrogens with one attached hydrogen (secondary N) is 3. The second kappa shape index (κ2) is 9.33. The van der Waals surface area contributed by atoms with Gasteiger partial charge in [-0.1, -0.05) is 18.2 Å². The van der Waals surface area contributed by atoms with E-state index in [1.807, 2.05) is 0 Å². The van der Waals surface area contributed by atoms with Crippen LogP contribution in [0.4, 0.5) is 11.4 Å². The standard InChI is InChI=1S/C18H16ClN5O5/c1-10(8-16(25)21-13-5-2-11(3-6-13)17(20)26)22-23-18(27)12-4-7-15(24(28)29)14(19)9-12/h2-7,9,22H,1,8H2,(H2,20,26)(H,21,25)(H,23,27). The van der Waals surface area contributed by atoms with E-state index in [0.29, 0.717) is 11.3 Å². The molecule has 0 saturated heterocycles. The average molecular weight is 418 g/mol. The Hall–Kier alpha value is -3.92. The normalized spacial score (nSPS) is 9.97. The molecule has 0 aliphatic heterocycles. The molecule has 5 N–H and O–H groups in total. The first kappa shape index (κ1) is 21.4. The van der Waals surface area contributed by atoms with E-state index in [2.05, 4.69) is 22.7 Å². The third kappa shape index (κ3) is 6.04. The van der Waals surface area contributed by atoms with Gasteiger partial charge in [0.2, 0.25) is 11.8 Å². The van der Waals surface area contributed by atoms with Crippen molar-refractivity contribution in [2.75, 3.05) is 5.32 Å². The second-order valence-corrected chi connectivity index (χ2v) is 6.18. The van der Waals surface area contributed by atoms with Crippen LogP contribution < -0.4 is 21.9 Å². The smallest absolute Gasteiger partial charge is 0.287 e. The van der Waals surface area contributed by atoms with Crippen molar-refractivity contribution in [1.82, 2.24) is 10.9 Å². The van der Waals surface area contributed by atoms with Crippen LogP contribution in [-0.2, 0) is 4.79 Å². The molecule has 3 amide bonds. The summed E-state index contributed by atoms with van der Waals surface area (Å²) in [6.07, 6.45) is -0.154. The number of benzene rings is 2. The first-order valence-electron chi connectivity index (χ1n) is 8.05. The number of carbonyl (C=O) groups excluding carboxylic acids is 3. The minimum Gasteiger partial charge on any atom is -0.366 e. The van der Waals surface area contributed by atoms with Crippen molar-refractivity contribution < 1.29 is 19.3 Å². The molecule has 0 aliphatic rings. The van der Waals surface area contributed by atoms with E-state index >= 15 is 0 Å². The molecule has 10 nitrogen and oxygen atoms in total. The van der Waals surface area contributed by atoms with Gasteiger partial charge >= 0.3 is 0 Å². The molecule has 11 heteroatoms. The van der Waals surface area contributed by atoms with Gasteiger partial charge in [0.15, 0.2) is 0 Å². The molecule has 2 aromatic carbocycles. The fraction of sp³-hybridized carbons (Fsp3) is 0.0556. The highest BCUT2D eigenvalue weighted by atomic mass is 35.5. The third-order valence-corrected chi connectivity index (χ3v) is 3.89. The lowest BCUT2D eigenvalue weighted by Crippen LogP contribution is -2.37. The molecule has 0 radical (unpaired) electrons. The maximum Gasteiger partial charge on any atom is 0.287 e. The molecule has 29 heavy (non-hydrogen) atoms. The van der Waals surface area contributed by atoms with E-state index in [1.54, 1.807) is 0 Å². The molecular weight excluding hydrogens is 402 g/mol. The number of hydrogen-bond acceptors (Lipinski definition) is 6. The summed E-state index contributed by atoms with van der Waals surface area (Å²) in [6.45, 7) is 3.63. The van der Waals surface area contributed by atoms with Crippen LogP contribution in [0.25, 0.3) is 0 Å². The van der Waals surface area contributed by atoms with Crippen molar-refractivity contribution in [3.05, 3.63) is 81.0 Å². The van der Waals surface area contributed by atoms with Gasteiger partial charge in [0, 0.05) is 28.6 Å². The monoisotopic (exact) mass is 417 g/mol. The van der Waals surface area contributed by atoms with Gasteiger partial charge < -0.3 is 16.5 Å². The third-order valence-electron chi connectivity index (χ3n) is 3.59. The zero-order valence-corrected chi connectivity index (χ0v) is 15.7. The molecule has 0 saturated carbocycles. The quantitative estimate of drug-likeness (QED) is 0.380. The topological polar surface area (TPSA) is 156 Å². The van der Waals surface area contributed by atoms with E-state index in [0.717, 1.165) is 12.1 Å². The fourth-order valence-corrected chi connectivity index (χ4v) is 2.42. The number of nitro groups is 1. The van der Waals surface area contributed by atoms with E-state index in [9.17, 15) is 24.5 Å². The summed E-state index contributed by atoms with van der Waals surface area (Å²) in [5, 5.41) is 13.2. The maximum atomic E-state index is 12.1. The summed E-state index contributed by atoms with van der Waals surface area (Å²) in [5.41, 5.74) is 10.7. The zero-order valence-electron chi connectivity index (χ0n) is 14.9. The number of carbonyl (C=O) groups is 3. The van der Waals surface area contributed by atoms with Crippen LogP contribution in [0, 0.1) is 10.1 Å². The van der Waals surface area contributed by atoms with Crippen LogP contribution in [0.15, 0.2) is 54.7 Å². The largest absolute Gasteiger partial charge is 0.366 e. The molecule has 2 rings (SSSR count). The molecule has 0 unspecified atom stereocenters. The number of primary amides is 1. The Bertz CT molecular complexity index is 991. The lowest BCUT2D eigenvalue weighted by molar-refractivity contribution is -0.384. The van der Waals surface area contributed by atoms with Crippen molar-refractivity contribution in [3.8, 4) is 0 Å². The number of hydrogen-bond donors (Lipinski definition) is 4. The number of nitro benzene ring substituents is 1. The first-order valence-corrected chi connectivity index (χ1v) is 8.43. The Morgan fingerprint density at radius 2 is 1.69 bits per heavy atom. The molecule has 0 spiro atoms. The van der Waals surface area contributed by atoms with Gasteiger partial charge in [-0.2, -0.15) is 0 Å². The Balaban J connectivity index is 1.85. The zero-order chi connectivity index (χ0) is 21.6. The molecule has 2 aromatic rings. The Labute approximate surface area is 169 Å². The van der Waals surface area contributed by atoms with Crippen molar-refractivity contribution >= 4 is 40.7 Å². The number of nitrogens with two attached hydrogens (primary N) is 1.